The minimum absolute atomic E-state index is 0.145. The van der Waals surface area contributed by atoms with E-state index in [1.54, 1.807) is 0 Å². The molecular formula is C14H10Br3F2N. The molecule has 1 N–H and O–H groups in total. The van der Waals surface area contributed by atoms with Gasteiger partial charge in [-0.2, -0.15) is 0 Å². The smallest absolute Gasteiger partial charge is 0.150 e. The van der Waals surface area contributed by atoms with Crippen LogP contribution in [-0.4, -0.2) is 0 Å². The third-order valence-electron chi connectivity index (χ3n) is 2.80. The Kier molecular flexibility index (Phi) is 5.20. The molecule has 1 nitrogen and oxygen atoms in total. The van der Waals surface area contributed by atoms with Crippen LogP contribution in [0.25, 0.3) is 0 Å². The Balaban J connectivity index is 2.30. The van der Waals surface area contributed by atoms with E-state index in [0.717, 1.165) is 20.6 Å². The van der Waals surface area contributed by atoms with Crippen molar-refractivity contribution in [2.24, 2.45) is 0 Å². The van der Waals surface area contributed by atoms with Crippen LogP contribution in [-0.2, 0) is 0 Å². The van der Waals surface area contributed by atoms with Gasteiger partial charge in [0.2, 0.25) is 0 Å². The maximum atomic E-state index is 13.8. The lowest BCUT2D eigenvalue weighted by Crippen LogP contribution is -2.09. The van der Waals surface area contributed by atoms with Gasteiger partial charge >= 0.3 is 0 Å². The fourth-order valence-corrected chi connectivity index (χ4v) is 3.74. The molecule has 0 spiro atoms. The third kappa shape index (κ3) is 3.59. The minimum atomic E-state index is -0.628. The van der Waals surface area contributed by atoms with E-state index >= 15 is 0 Å². The van der Waals surface area contributed by atoms with Crippen molar-refractivity contribution in [3.63, 3.8) is 0 Å². The molecule has 0 saturated heterocycles. The van der Waals surface area contributed by atoms with Gasteiger partial charge < -0.3 is 5.32 Å². The molecule has 0 bridgehead atoms. The van der Waals surface area contributed by atoms with Crippen LogP contribution in [0.1, 0.15) is 18.5 Å². The van der Waals surface area contributed by atoms with E-state index in [1.165, 1.54) is 6.07 Å². The van der Waals surface area contributed by atoms with Gasteiger partial charge in [0.15, 0.2) is 0 Å². The summed E-state index contributed by atoms with van der Waals surface area (Å²) in [6.07, 6.45) is 0. The van der Waals surface area contributed by atoms with Crippen LogP contribution in [0.2, 0.25) is 0 Å². The normalized spacial score (nSPS) is 12.3. The number of hydrogen-bond acceptors (Lipinski definition) is 1. The predicted molar refractivity (Wildman–Crippen MR) is 87.9 cm³/mol. The molecule has 0 radical (unpaired) electrons. The van der Waals surface area contributed by atoms with Gasteiger partial charge in [0.05, 0.1) is 5.69 Å². The first kappa shape index (κ1) is 15.9. The zero-order valence-electron chi connectivity index (χ0n) is 10.4. The second-order valence-electron chi connectivity index (χ2n) is 4.28. The molecule has 0 amide bonds. The fourth-order valence-electron chi connectivity index (χ4n) is 1.83. The number of nitrogens with one attached hydrogen (secondary N) is 1. The number of halogens is 5. The van der Waals surface area contributed by atoms with E-state index in [9.17, 15) is 8.78 Å². The van der Waals surface area contributed by atoms with E-state index in [0.29, 0.717) is 4.47 Å². The maximum absolute atomic E-state index is 13.8. The third-order valence-corrected chi connectivity index (χ3v) is 4.60. The fraction of sp³-hybridized carbons (Fsp3) is 0.143. The lowest BCUT2D eigenvalue weighted by Gasteiger charge is -2.19. The maximum Gasteiger partial charge on any atom is 0.150 e. The molecule has 2 rings (SSSR count). The van der Waals surface area contributed by atoms with Crippen molar-refractivity contribution in [3.05, 3.63) is 60.9 Å². The van der Waals surface area contributed by atoms with Crippen LogP contribution >= 0.6 is 47.8 Å². The van der Waals surface area contributed by atoms with Gasteiger partial charge in [0.25, 0.3) is 0 Å². The first-order valence-electron chi connectivity index (χ1n) is 5.74. The number of rotatable bonds is 3. The molecule has 1 unspecified atom stereocenters. The molecular weight excluding hydrogens is 460 g/mol. The summed E-state index contributed by atoms with van der Waals surface area (Å²) >= 11 is 10.0. The molecule has 0 aliphatic heterocycles. The van der Waals surface area contributed by atoms with Crippen LogP contribution in [0.15, 0.2) is 43.7 Å². The molecule has 1 atom stereocenters. The Labute approximate surface area is 141 Å². The Hall–Kier alpha value is -0.460. The summed E-state index contributed by atoms with van der Waals surface area (Å²) in [6.45, 7) is 1.91. The Bertz CT molecular complexity index is 623. The topological polar surface area (TPSA) is 12.0 Å². The summed E-state index contributed by atoms with van der Waals surface area (Å²) in [5, 5.41) is 3.05. The van der Waals surface area contributed by atoms with E-state index in [1.807, 2.05) is 25.1 Å². The predicted octanol–water partition coefficient (Wildman–Crippen LogP) is 6.43. The lowest BCUT2D eigenvalue weighted by atomic mass is 10.1. The Morgan fingerprint density at radius 3 is 2.30 bits per heavy atom. The number of anilines is 1. The van der Waals surface area contributed by atoms with Crippen LogP contribution in [0, 0.1) is 11.6 Å². The number of hydrogen-bond donors (Lipinski definition) is 1. The van der Waals surface area contributed by atoms with E-state index in [-0.39, 0.29) is 11.7 Å². The molecule has 0 aromatic heterocycles. The Morgan fingerprint density at radius 1 is 1.00 bits per heavy atom. The lowest BCUT2D eigenvalue weighted by molar-refractivity contribution is 0.582. The van der Waals surface area contributed by atoms with E-state index in [2.05, 4.69) is 53.1 Å². The molecule has 0 heterocycles. The highest BCUT2D eigenvalue weighted by Gasteiger charge is 2.15. The Morgan fingerprint density at radius 2 is 1.70 bits per heavy atom. The molecule has 0 aliphatic carbocycles. The first-order valence-corrected chi connectivity index (χ1v) is 8.12. The zero-order chi connectivity index (χ0) is 14.9. The summed E-state index contributed by atoms with van der Waals surface area (Å²) < 4.78 is 29.1. The van der Waals surface area contributed by atoms with Crippen LogP contribution < -0.4 is 5.32 Å². The SMILES string of the molecule is CC(Nc1c(F)cc(F)cc1Br)c1ccc(Br)cc1Br. The standard InChI is InChI=1S/C14H10Br3F2N/c1-7(10-3-2-8(15)4-11(10)16)20-14-12(17)5-9(18)6-13(14)19/h2-7,20H,1H3. The van der Waals surface area contributed by atoms with Crippen molar-refractivity contribution in [2.75, 3.05) is 5.32 Å². The number of benzene rings is 2. The minimum Gasteiger partial charge on any atom is -0.375 e. The second kappa shape index (κ2) is 6.54. The van der Waals surface area contributed by atoms with Gasteiger partial charge in [-0.25, -0.2) is 8.78 Å². The summed E-state index contributed by atoms with van der Waals surface area (Å²) in [4.78, 5) is 0. The summed E-state index contributed by atoms with van der Waals surface area (Å²) in [5.74, 6) is -1.24. The van der Waals surface area contributed by atoms with Gasteiger partial charge in [-0.1, -0.05) is 37.9 Å². The van der Waals surface area contributed by atoms with Gasteiger partial charge in [0, 0.05) is 25.5 Å². The molecule has 2 aromatic carbocycles. The molecule has 0 saturated carbocycles. The average Bonchev–Trinajstić information content (AvgIpc) is 2.33. The summed E-state index contributed by atoms with van der Waals surface area (Å²) in [6, 6.07) is 7.71. The van der Waals surface area contributed by atoms with Gasteiger partial charge in [-0.15, -0.1) is 0 Å². The summed E-state index contributed by atoms with van der Waals surface area (Å²) in [7, 11) is 0. The highest BCUT2D eigenvalue weighted by molar-refractivity contribution is 9.11. The van der Waals surface area contributed by atoms with Crippen LogP contribution in [0.3, 0.4) is 0 Å². The van der Waals surface area contributed by atoms with Crippen molar-refractivity contribution in [1.29, 1.82) is 0 Å². The molecule has 106 valence electrons. The monoisotopic (exact) mass is 467 g/mol. The van der Waals surface area contributed by atoms with Gasteiger partial charge in [-0.3, -0.25) is 0 Å². The average molecular weight is 470 g/mol. The largest absolute Gasteiger partial charge is 0.375 e. The van der Waals surface area contributed by atoms with Crippen molar-refractivity contribution >= 4 is 53.5 Å². The summed E-state index contributed by atoms with van der Waals surface area (Å²) in [5.41, 5.74) is 1.22. The molecule has 2 aromatic rings. The van der Waals surface area contributed by atoms with E-state index < -0.39 is 11.6 Å². The quantitative estimate of drug-likeness (QED) is 0.546. The molecule has 0 fully saturated rings. The van der Waals surface area contributed by atoms with Crippen LogP contribution in [0.5, 0.6) is 0 Å². The van der Waals surface area contributed by atoms with Crippen molar-refractivity contribution < 1.29 is 8.78 Å². The molecule has 20 heavy (non-hydrogen) atoms. The molecule has 0 aliphatic rings. The second-order valence-corrected chi connectivity index (χ2v) is 6.90. The van der Waals surface area contributed by atoms with Crippen molar-refractivity contribution in [3.8, 4) is 0 Å². The van der Waals surface area contributed by atoms with E-state index in [4.69, 9.17) is 0 Å². The highest BCUT2D eigenvalue weighted by atomic mass is 79.9. The molecule has 6 heteroatoms. The van der Waals surface area contributed by atoms with Crippen LogP contribution in [0.4, 0.5) is 14.5 Å². The highest BCUT2D eigenvalue weighted by Crippen LogP contribution is 2.33. The van der Waals surface area contributed by atoms with Crippen molar-refractivity contribution in [2.45, 2.75) is 13.0 Å². The van der Waals surface area contributed by atoms with Crippen molar-refractivity contribution in [1.82, 2.24) is 0 Å². The van der Waals surface area contributed by atoms with Gasteiger partial charge in [0.1, 0.15) is 11.6 Å². The first-order chi connectivity index (χ1) is 9.38. The zero-order valence-corrected chi connectivity index (χ0v) is 15.1. The van der Waals surface area contributed by atoms with Gasteiger partial charge in [-0.05, 0) is 46.6 Å².